The lowest BCUT2D eigenvalue weighted by atomic mass is 10.2. The molecule has 3 aromatic rings. The van der Waals surface area contributed by atoms with Crippen LogP contribution in [-0.2, 0) is 6.61 Å². The van der Waals surface area contributed by atoms with Crippen molar-refractivity contribution in [1.29, 1.82) is 0 Å². The van der Waals surface area contributed by atoms with Crippen molar-refractivity contribution < 1.29 is 9.84 Å². The summed E-state index contributed by atoms with van der Waals surface area (Å²) in [5.74, 6) is 0.875. The topological polar surface area (TPSA) is 45.2 Å². The Balaban J connectivity index is 1.80. The number of aryl methyl sites for hydroxylation is 1. The van der Waals surface area contributed by atoms with E-state index in [4.69, 9.17) is 4.74 Å². The van der Waals surface area contributed by atoms with Crippen molar-refractivity contribution in [3.8, 4) is 11.5 Å². The Morgan fingerprint density at radius 3 is 2.74 bits per heavy atom. The number of benzene rings is 2. The lowest BCUT2D eigenvalue weighted by Gasteiger charge is -2.04. The average molecular weight is 253 g/mol. The fourth-order valence-corrected chi connectivity index (χ4v) is 2.18. The van der Waals surface area contributed by atoms with Gasteiger partial charge >= 0.3 is 0 Å². The van der Waals surface area contributed by atoms with Crippen LogP contribution in [0.15, 0.2) is 48.5 Å². The number of ether oxygens (including phenoxy) is 1. The molecule has 0 fully saturated rings. The first kappa shape index (κ1) is 11.7. The van der Waals surface area contributed by atoms with Crippen molar-refractivity contribution in [3.63, 3.8) is 0 Å². The highest BCUT2D eigenvalue weighted by atomic mass is 16.5. The number of hydrogen-bond donors (Lipinski definition) is 2. The van der Waals surface area contributed by atoms with Gasteiger partial charge in [0.05, 0.1) is 5.69 Å². The van der Waals surface area contributed by atoms with Gasteiger partial charge in [-0.2, -0.15) is 0 Å². The summed E-state index contributed by atoms with van der Waals surface area (Å²) in [4.78, 5) is 3.36. The van der Waals surface area contributed by atoms with Gasteiger partial charge in [-0.25, -0.2) is 0 Å². The van der Waals surface area contributed by atoms with Crippen LogP contribution in [0.4, 0.5) is 0 Å². The molecular formula is C16H15NO2. The smallest absolute Gasteiger partial charge is 0.128 e. The van der Waals surface area contributed by atoms with E-state index in [1.54, 1.807) is 18.2 Å². The number of H-pyrrole nitrogens is 1. The number of fused-ring (bicyclic) bond motifs is 1. The zero-order valence-electron chi connectivity index (χ0n) is 10.7. The second kappa shape index (κ2) is 4.69. The van der Waals surface area contributed by atoms with Gasteiger partial charge in [0.25, 0.3) is 0 Å². The minimum atomic E-state index is 0.213. The summed E-state index contributed by atoms with van der Waals surface area (Å²) in [6.45, 7) is 2.54. The normalized spacial score (nSPS) is 10.8. The SMILES string of the molecule is Cc1cccc2cc(COc3cccc(O)c3)[nH]c12. The molecule has 0 amide bonds. The molecule has 0 saturated carbocycles. The van der Waals surface area contributed by atoms with Gasteiger partial charge < -0.3 is 14.8 Å². The van der Waals surface area contributed by atoms with E-state index in [-0.39, 0.29) is 5.75 Å². The summed E-state index contributed by atoms with van der Waals surface area (Å²) >= 11 is 0. The van der Waals surface area contributed by atoms with E-state index in [0.29, 0.717) is 12.4 Å². The fourth-order valence-electron chi connectivity index (χ4n) is 2.18. The molecule has 0 aliphatic carbocycles. The van der Waals surface area contributed by atoms with Gasteiger partial charge in [-0.05, 0) is 30.7 Å². The third-order valence-electron chi connectivity index (χ3n) is 3.13. The maximum Gasteiger partial charge on any atom is 0.128 e. The van der Waals surface area contributed by atoms with Gasteiger partial charge in [0.2, 0.25) is 0 Å². The van der Waals surface area contributed by atoms with Crippen LogP contribution in [0.5, 0.6) is 11.5 Å². The number of rotatable bonds is 3. The highest BCUT2D eigenvalue weighted by molar-refractivity contribution is 5.83. The number of phenols is 1. The Labute approximate surface area is 111 Å². The number of para-hydroxylation sites is 1. The van der Waals surface area contributed by atoms with Crippen LogP contribution in [0.2, 0.25) is 0 Å². The van der Waals surface area contributed by atoms with Crippen LogP contribution in [0, 0.1) is 6.92 Å². The van der Waals surface area contributed by atoms with E-state index in [0.717, 1.165) is 11.2 Å². The maximum absolute atomic E-state index is 9.37. The zero-order valence-corrected chi connectivity index (χ0v) is 10.7. The predicted octanol–water partition coefficient (Wildman–Crippen LogP) is 3.76. The van der Waals surface area contributed by atoms with Crippen LogP contribution in [-0.4, -0.2) is 10.1 Å². The summed E-state index contributed by atoms with van der Waals surface area (Å²) in [6, 6.07) is 15.1. The van der Waals surface area contributed by atoms with Gasteiger partial charge in [-0.1, -0.05) is 24.3 Å². The number of aromatic nitrogens is 1. The standard InChI is InChI=1S/C16H15NO2/c1-11-4-2-5-12-8-13(17-16(11)12)10-19-15-7-3-6-14(18)9-15/h2-9,17-18H,10H2,1H3. The Bertz CT molecular complexity index is 716. The molecule has 0 unspecified atom stereocenters. The van der Waals surface area contributed by atoms with Crippen molar-refractivity contribution in [2.75, 3.05) is 0 Å². The number of aromatic amines is 1. The van der Waals surface area contributed by atoms with Crippen molar-refractivity contribution in [2.24, 2.45) is 0 Å². The molecule has 96 valence electrons. The van der Waals surface area contributed by atoms with Crippen LogP contribution in [0.3, 0.4) is 0 Å². The van der Waals surface area contributed by atoms with Gasteiger partial charge in [-0.3, -0.25) is 0 Å². The molecule has 0 aliphatic rings. The molecule has 1 heterocycles. The van der Waals surface area contributed by atoms with E-state index < -0.39 is 0 Å². The first-order chi connectivity index (χ1) is 9.22. The average Bonchev–Trinajstić information content (AvgIpc) is 2.81. The molecular weight excluding hydrogens is 238 g/mol. The predicted molar refractivity (Wildman–Crippen MR) is 75.5 cm³/mol. The van der Waals surface area contributed by atoms with Gasteiger partial charge in [0.1, 0.15) is 18.1 Å². The number of hydrogen-bond acceptors (Lipinski definition) is 2. The second-order valence-electron chi connectivity index (χ2n) is 4.62. The van der Waals surface area contributed by atoms with E-state index in [2.05, 4.69) is 30.1 Å². The monoisotopic (exact) mass is 253 g/mol. The zero-order chi connectivity index (χ0) is 13.2. The van der Waals surface area contributed by atoms with E-state index in [9.17, 15) is 5.11 Å². The number of aromatic hydroxyl groups is 1. The third kappa shape index (κ3) is 2.40. The van der Waals surface area contributed by atoms with Gasteiger partial charge in [-0.15, -0.1) is 0 Å². The lowest BCUT2D eigenvalue weighted by molar-refractivity contribution is 0.300. The first-order valence-corrected chi connectivity index (χ1v) is 6.21. The molecule has 3 nitrogen and oxygen atoms in total. The maximum atomic E-state index is 9.37. The van der Waals surface area contributed by atoms with Crippen LogP contribution in [0.25, 0.3) is 10.9 Å². The lowest BCUT2D eigenvalue weighted by Crippen LogP contribution is -1.95. The van der Waals surface area contributed by atoms with Crippen LogP contribution >= 0.6 is 0 Å². The van der Waals surface area contributed by atoms with E-state index in [1.165, 1.54) is 10.9 Å². The number of phenolic OH excluding ortho intramolecular Hbond substituents is 1. The molecule has 0 atom stereocenters. The summed E-state index contributed by atoms with van der Waals surface area (Å²) in [5, 5.41) is 10.6. The molecule has 2 N–H and O–H groups in total. The highest BCUT2D eigenvalue weighted by Crippen LogP contribution is 2.21. The van der Waals surface area contributed by atoms with Crippen LogP contribution < -0.4 is 4.74 Å². The van der Waals surface area contributed by atoms with Crippen molar-refractivity contribution in [1.82, 2.24) is 4.98 Å². The summed E-state index contributed by atoms with van der Waals surface area (Å²) < 4.78 is 5.65. The Kier molecular flexibility index (Phi) is 2.88. The largest absolute Gasteiger partial charge is 0.508 e. The Morgan fingerprint density at radius 2 is 1.95 bits per heavy atom. The van der Waals surface area contributed by atoms with Crippen molar-refractivity contribution in [2.45, 2.75) is 13.5 Å². The summed E-state index contributed by atoms with van der Waals surface area (Å²) in [6.07, 6.45) is 0. The molecule has 2 aromatic carbocycles. The van der Waals surface area contributed by atoms with E-state index >= 15 is 0 Å². The fraction of sp³-hybridized carbons (Fsp3) is 0.125. The molecule has 3 rings (SSSR count). The second-order valence-corrected chi connectivity index (χ2v) is 4.62. The quantitative estimate of drug-likeness (QED) is 0.746. The molecule has 19 heavy (non-hydrogen) atoms. The Morgan fingerprint density at radius 1 is 1.11 bits per heavy atom. The molecule has 3 heteroatoms. The molecule has 1 aromatic heterocycles. The highest BCUT2D eigenvalue weighted by Gasteiger charge is 2.03. The van der Waals surface area contributed by atoms with Gasteiger partial charge in [0.15, 0.2) is 0 Å². The molecule has 0 aliphatic heterocycles. The Hall–Kier alpha value is -2.42. The minimum absolute atomic E-state index is 0.213. The van der Waals surface area contributed by atoms with Crippen molar-refractivity contribution in [3.05, 3.63) is 59.8 Å². The number of nitrogens with one attached hydrogen (secondary N) is 1. The first-order valence-electron chi connectivity index (χ1n) is 6.21. The summed E-state index contributed by atoms with van der Waals surface area (Å²) in [5.41, 5.74) is 3.39. The summed E-state index contributed by atoms with van der Waals surface area (Å²) in [7, 11) is 0. The third-order valence-corrected chi connectivity index (χ3v) is 3.13. The minimum Gasteiger partial charge on any atom is -0.508 e. The molecule has 0 bridgehead atoms. The van der Waals surface area contributed by atoms with Crippen molar-refractivity contribution >= 4 is 10.9 Å². The van der Waals surface area contributed by atoms with E-state index in [1.807, 2.05) is 12.1 Å². The molecule has 0 spiro atoms. The van der Waals surface area contributed by atoms with Gasteiger partial charge in [0, 0.05) is 17.0 Å². The molecule has 0 radical (unpaired) electrons. The van der Waals surface area contributed by atoms with Crippen LogP contribution in [0.1, 0.15) is 11.3 Å². The molecule has 0 saturated heterocycles.